The maximum absolute atomic E-state index is 12.9. The lowest BCUT2D eigenvalue weighted by molar-refractivity contribution is 0.0964. The van der Waals surface area contributed by atoms with Gasteiger partial charge in [-0.1, -0.05) is 36.8 Å². The fourth-order valence-electron chi connectivity index (χ4n) is 4.46. The molecule has 0 saturated heterocycles. The number of furan rings is 1. The first-order valence-electron chi connectivity index (χ1n) is 12.4. The molecule has 0 spiro atoms. The van der Waals surface area contributed by atoms with Gasteiger partial charge < -0.3 is 14.3 Å². The predicted molar refractivity (Wildman–Crippen MR) is 138 cm³/mol. The van der Waals surface area contributed by atoms with Gasteiger partial charge >= 0.3 is 0 Å². The molecule has 0 aliphatic heterocycles. The number of nitrogens with zero attached hydrogens (tertiary/aromatic N) is 3. The number of hydrogen-bond donors (Lipinski definition) is 1. The molecule has 36 heavy (non-hydrogen) atoms. The molecule has 4 rings (SSSR count). The fourth-order valence-corrected chi connectivity index (χ4v) is 4.96. The second kappa shape index (κ2) is 11.3. The zero-order valence-corrected chi connectivity index (χ0v) is 21.7. The lowest BCUT2D eigenvalue weighted by Gasteiger charge is -2.25. The number of aromatic nitrogens is 1. The van der Waals surface area contributed by atoms with Gasteiger partial charge in [-0.15, -0.1) is 0 Å². The van der Waals surface area contributed by atoms with E-state index in [-0.39, 0.29) is 24.3 Å². The van der Waals surface area contributed by atoms with Gasteiger partial charge in [-0.05, 0) is 56.6 Å². The Kier molecular flexibility index (Phi) is 8.19. The topological polar surface area (TPSA) is 122 Å². The van der Waals surface area contributed by atoms with Crippen LogP contribution in [0, 0.1) is 24.2 Å². The minimum atomic E-state index is -2.43. The number of carbonyl (C=O) groups excluding carboxylic acids is 1. The number of hydrogen-bond acceptors (Lipinski definition) is 6. The van der Waals surface area contributed by atoms with Gasteiger partial charge in [0.05, 0.1) is 29.3 Å². The van der Waals surface area contributed by atoms with Gasteiger partial charge in [0, 0.05) is 36.3 Å². The van der Waals surface area contributed by atoms with E-state index in [0.29, 0.717) is 47.5 Å². The molecular formula is C27H31N4O4S-. The minimum Gasteiger partial charge on any atom is -0.760 e. The van der Waals surface area contributed by atoms with Gasteiger partial charge in [0.1, 0.15) is 5.76 Å². The molecule has 3 aromatic rings. The van der Waals surface area contributed by atoms with Crippen LogP contribution >= 0.6 is 0 Å². The first-order chi connectivity index (χ1) is 17.4. The summed E-state index contributed by atoms with van der Waals surface area (Å²) in [5, 5.41) is 12.5. The lowest BCUT2D eigenvalue weighted by atomic mass is 10.0. The molecule has 8 nitrogen and oxygen atoms in total. The van der Waals surface area contributed by atoms with Crippen LogP contribution in [-0.2, 0) is 17.8 Å². The van der Waals surface area contributed by atoms with Crippen molar-refractivity contribution in [3.63, 3.8) is 0 Å². The standard InChI is InChI=1S/C27H32N4O4S/c1-4-18(15-28)6-5-13-31(36(33)34)16-23-21(19-11-12-19)14-22-24(26(32)29-3)25(35-27(22)30-23)20-9-7-17(2)8-10-20/h7-10,14,18-19H,4-6,11-13,16H2,1-3H3,(H,29,32)(H,33,34)/p-1. The largest absolute Gasteiger partial charge is 0.760 e. The van der Waals surface area contributed by atoms with E-state index < -0.39 is 11.3 Å². The summed E-state index contributed by atoms with van der Waals surface area (Å²) >= 11 is -2.43. The summed E-state index contributed by atoms with van der Waals surface area (Å²) < 4.78 is 31.6. The highest BCUT2D eigenvalue weighted by Gasteiger charge is 2.31. The third kappa shape index (κ3) is 5.67. The number of fused-ring (bicyclic) bond motifs is 1. The molecule has 0 bridgehead atoms. The third-order valence-corrected chi connectivity index (χ3v) is 7.49. The molecule has 2 aromatic heterocycles. The minimum absolute atomic E-state index is 0.0742. The van der Waals surface area contributed by atoms with Crippen molar-refractivity contribution in [2.45, 2.75) is 58.4 Å². The molecule has 1 aliphatic carbocycles. The van der Waals surface area contributed by atoms with E-state index in [4.69, 9.17) is 9.40 Å². The van der Waals surface area contributed by atoms with E-state index in [1.807, 2.05) is 44.2 Å². The number of nitriles is 1. The highest BCUT2D eigenvalue weighted by molar-refractivity contribution is 7.76. The molecule has 1 saturated carbocycles. The smallest absolute Gasteiger partial charge is 0.255 e. The van der Waals surface area contributed by atoms with E-state index in [1.54, 1.807) is 7.05 Å². The summed E-state index contributed by atoms with van der Waals surface area (Å²) in [5.41, 5.74) is 4.23. The van der Waals surface area contributed by atoms with Gasteiger partial charge in [-0.3, -0.25) is 9.00 Å². The van der Waals surface area contributed by atoms with Crippen molar-refractivity contribution in [3.05, 3.63) is 52.7 Å². The Labute approximate surface area is 214 Å². The lowest BCUT2D eigenvalue weighted by Crippen LogP contribution is -2.28. The van der Waals surface area contributed by atoms with Crippen molar-refractivity contribution in [1.29, 1.82) is 5.26 Å². The fraction of sp³-hybridized carbons (Fsp3) is 0.444. The quantitative estimate of drug-likeness (QED) is 0.366. The van der Waals surface area contributed by atoms with Gasteiger partial charge in [0.25, 0.3) is 5.91 Å². The summed E-state index contributed by atoms with van der Waals surface area (Å²) in [7, 11) is 1.58. The summed E-state index contributed by atoms with van der Waals surface area (Å²) in [6.45, 7) is 4.39. The van der Waals surface area contributed by atoms with E-state index in [9.17, 15) is 18.8 Å². The molecule has 1 aliphatic rings. The molecular weight excluding hydrogens is 476 g/mol. The Bertz CT molecular complexity index is 1310. The number of pyridine rings is 1. The molecule has 1 fully saturated rings. The van der Waals surface area contributed by atoms with Crippen LogP contribution < -0.4 is 5.32 Å². The highest BCUT2D eigenvalue weighted by atomic mass is 32.2. The van der Waals surface area contributed by atoms with Crippen molar-refractivity contribution in [2.75, 3.05) is 13.6 Å². The molecule has 1 N–H and O–H groups in total. The molecule has 1 amide bonds. The van der Waals surface area contributed by atoms with Crippen LogP contribution in [0.15, 0.2) is 34.7 Å². The van der Waals surface area contributed by atoms with Crippen LogP contribution in [0.2, 0.25) is 0 Å². The maximum Gasteiger partial charge on any atom is 0.255 e. The molecule has 9 heteroatoms. The van der Waals surface area contributed by atoms with E-state index in [1.165, 1.54) is 4.31 Å². The number of amides is 1. The van der Waals surface area contributed by atoms with E-state index in [2.05, 4.69) is 11.4 Å². The summed E-state index contributed by atoms with van der Waals surface area (Å²) in [4.78, 5) is 17.7. The Morgan fingerprint density at radius 2 is 2.08 bits per heavy atom. The molecule has 1 aromatic carbocycles. The van der Waals surface area contributed by atoms with Crippen molar-refractivity contribution in [1.82, 2.24) is 14.6 Å². The first kappa shape index (κ1) is 26.0. The van der Waals surface area contributed by atoms with Crippen LogP contribution in [0.3, 0.4) is 0 Å². The number of benzene rings is 1. The average molecular weight is 508 g/mol. The number of nitrogens with one attached hydrogen (secondary N) is 1. The maximum atomic E-state index is 12.9. The van der Waals surface area contributed by atoms with Crippen LogP contribution in [0.5, 0.6) is 0 Å². The molecule has 190 valence electrons. The Balaban J connectivity index is 1.72. The van der Waals surface area contributed by atoms with Crippen LogP contribution in [0.1, 0.15) is 72.1 Å². The monoisotopic (exact) mass is 507 g/mol. The Hall–Kier alpha value is -3.06. The van der Waals surface area contributed by atoms with Gasteiger partial charge in [-0.2, -0.15) is 5.26 Å². The second-order valence-electron chi connectivity index (χ2n) is 9.36. The van der Waals surface area contributed by atoms with Gasteiger partial charge in [0.15, 0.2) is 0 Å². The van der Waals surface area contributed by atoms with Crippen molar-refractivity contribution >= 4 is 28.3 Å². The van der Waals surface area contributed by atoms with Crippen molar-refractivity contribution in [3.8, 4) is 17.4 Å². The average Bonchev–Trinajstić information content (AvgIpc) is 3.65. The molecule has 0 radical (unpaired) electrons. The van der Waals surface area contributed by atoms with Gasteiger partial charge in [-0.25, -0.2) is 9.29 Å². The summed E-state index contributed by atoms with van der Waals surface area (Å²) in [5.74, 6) is 0.403. The molecule has 2 atom stereocenters. The second-order valence-corrected chi connectivity index (χ2v) is 10.3. The van der Waals surface area contributed by atoms with Crippen molar-refractivity contribution in [2.24, 2.45) is 5.92 Å². The van der Waals surface area contributed by atoms with Crippen LogP contribution in [-0.4, -0.2) is 37.6 Å². The van der Waals surface area contributed by atoms with E-state index >= 15 is 0 Å². The number of aryl methyl sites for hydroxylation is 1. The zero-order chi connectivity index (χ0) is 25.8. The number of carbonyl (C=O) groups is 1. The number of rotatable bonds is 11. The highest BCUT2D eigenvalue weighted by Crippen LogP contribution is 2.44. The molecule has 2 unspecified atom stereocenters. The third-order valence-electron chi connectivity index (χ3n) is 6.75. The molecule has 2 heterocycles. The summed E-state index contributed by atoms with van der Waals surface area (Å²) in [6.07, 6.45) is 3.99. The SMILES string of the molecule is CCC(C#N)CCCN(Cc1nc2oc(-c3ccc(C)cc3)c(C(=O)NC)c2cc1C1CC1)S(=O)[O-]. The Morgan fingerprint density at radius 1 is 1.36 bits per heavy atom. The van der Waals surface area contributed by atoms with Crippen LogP contribution in [0.25, 0.3) is 22.4 Å². The zero-order valence-electron chi connectivity index (χ0n) is 20.9. The predicted octanol–water partition coefficient (Wildman–Crippen LogP) is 4.97. The first-order valence-corrected chi connectivity index (χ1v) is 13.4. The normalized spacial score (nSPS) is 15.1. The summed E-state index contributed by atoms with van der Waals surface area (Å²) in [6, 6.07) is 12.0. The van der Waals surface area contributed by atoms with E-state index in [0.717, 1.165) is 36.0 Å². The van der Waals surface area contributed by atoms with Crippen LogP contribution in [0.4, 0.5) is 0 Å². The Morgan fingerprint density at radius 3 is 2.67 bits per heavy atom. The van der Waals surface area contributed by atoms with Gasteiger partial charge in [0.2, 0.25) is 5.71 Å². The van der Waals surface area contributed by atoms with Crippen molar-refractivity contribution < 1.29 is 18.0 Å².